The third-order valence-corrected chi connectivity index (χ3v) is 8.13. The predicted molar refractivity (Wildman–Crippen MR) is 119 cm³/mol. The molecule has 0 bridgehead atoms. The molecule has 7 heteroatoms. The van der Waals surface area contributed by atoms with Crippen molar-refractivity contribution in [3.8, 4) is 0 Å². The molecular formula is C24H21ClN2O3S. The Morgan fingerprint density at radius 1 is 1.13 bits per heavy atom. The van der Waals surface area contributed by atoms with Gasteiger partial charge in [-0.05, 0) is 53.8 Å². The van der Waals surface area contributed by atoms with Gasteiger partial charge in [0, 0.05) is 33.8 Å². The molecule has 2 atom stereocenters. The molecule has 3 heterocycles. The topological polar surface area (TPSA) is 64.0 Å². The number of ketones is 1. The van der Waals surface area contributed by atoms with Gasteiger partial charge < -0.3 is 10.2 Å². The van der Waals surface area contributed by atoms with Crippen molar-refractivity contribution >= 4 is 29.1 Å². The van der Waals surface area contributed by atoms with Crippen LogP contribution in [0.4, 0.5) is 0 Å². The van der Waals surface area contributed by atoms with Crippen LogP contribution in [0, 0.1) is 5.41 Å². The van der Waals surface area contributed by atoms with Crippen molar-refractivity contribution in [3.63, 3.8) is 0 Å². The average molecular weight is 453 g/mol. The number of aliphatic hydroxyl groups is 2. The van der Waals surface area contributed by atoms with Gasteiger partial charge in [-0.2, -0.15) is 0 Å². The standard InChI is InChI=1S/C24H21ClN2O3S/c25-15-5-6-16-14(11-15)12-31-19-4-2-1-3-17(19)20(16)27-13-24(8-9-24)23(30)21-22(29)18(28)7-10-26(21)27/h1-7,10-11,18,20,28,30H,8-9,12-13H2. The van der Waals surface area contributed by atoms with Crippen LogP contribution < -0.4 is 0 Å². The van der Waals surface area contributed by atoms with Gasteiger partial charge in [0.15, 0.2) is 0 Å². The lowest BCUT2D eigenvalue weighted by Gasteiger charge is -2.48. The molecule has 1 spiro atoms. The number of hydrogen-bond acceptors (Lipinski definition) is 6. The summed E-state index contributed by atoms with van der Waals surface area (Å²) in [6, 6.07) is 14.2. The first-order chi connectivity index (χ1) is 15.0. The highest BCUT2D eigenvalue weighted by Crippen LogP contribution is 2.58. The Bertz CT molecular complexity index is 1170. The van der Waals surface area contributed by atoms with Crippen LogP contribution in [0.2, 0.25) is 5.02 Å². The summed E-state index contributed by atoms with van der Waals surface area (Å²) in [4.78, 5) is 14.1. The van der Waals surface area contributed by atoms with E-state index in [-0.39, 0.29) is 17.5 Å². The number of thioether (sulfide) groups is 1. The minimum Gasteiger partial charge on any atom is -0.509 e. The molecule has 4 aliphatic rings. The van der Waals surface area contributed by atoms with Crippen molar-refractivity contribution in [3.05, 3.63) is 87.9 Å². The molecule has 2 unspecified atom stereocenters. The highest BCUT2D eigenvalue weighted by molar-refractivity contribution is 7.98. The predicted octanol–water partition coefficient (Wildman–Crippen LogP) is 4.57. The van der Waals surface area contributed by atoms with E-state index in [0.717, 1.165) is 35.3 Å². The maximum atomic E-state index is 12.9. The highest BCUT2D eigenvalue weighted by atomic mass is 35.5. The molecule has 2 aromatic rings. The molecule has 1 aliphatic carbocycles. The number of rotatable bonds is 1. The molecule has 6 rings (SSSR count). The Morgan fingerprint density at radius 2 is 1.94 bits per heavy atom. The van der Waals surface area contributed by atoms with Gasteiger partial charge in [-0.3, -0.25) is 9.80 Å². The summed E-state index contributed by atoms with van der Waals surface area (Å²) in [5.41, 5.74) is 3.25. The van der Waals surface area contributed by atoms with Crippen LogP contribution >= 0.6 is 23.4 Å². The number of halogens is 1. The maximum absolute atomic E-state index is 12.9. The fraction of sp³-hybridized carbons (Fsp3) is 0.292. The van der Waals surface area contributed by atoms with Gasteiger partial charge in [0.25, 0.3) is 0 Å². The summed E-state index contributed by atoms with van der Waals surface area (Å²) < 4.78 is 0. The van der Waals surface area contributed by atoms with Crippen molar-refractivity contribution in [2.24, 2.45) is 5.41 Å². The summed E-state index contributed by atoms with van der Waals surface area (Å²) in [5, 5.41) is 25.8. The number of aliphatic hydroxyl groups excluding tert-OH is 2. The summed E-state index contributed by atoms with van der Waals surface area (Å²) in [6.07, 6.45) is 3.62. The van der Waals surface area contributed by atoms with Gasteiger partial charge in [-0.25, -0.2) is 5.01 Å². The zero-order valence-electron chi connectivity index (χ0n) is 16.7. The largest absolute Gasteiger partial charge is 0.509 e. The van der Waals surface area contributed by atoms with Crippen molar-refractivity contribution in [1.29, 1.82) is 0 Å². The van der Waals surface area contributed by atoms with Crippen molar-refractivity contribution in [2.45, 2.75) is 35.6 Å². The van der Waals surface area contributed by atoms with Gasteiger partial charge in [-0.15, -0.1) is 11.8 Å². The number of carbonyl (C=O) groups excluding carboxylic acids is 1. The van der Waals surface area contributed by atoms with E-state index in [0.29, 0.717) is 11.6 Å². The lowest BCUT2D eigenvalue weighted by atomic mass is 9.90. The van der Waals surface area contributed by atoms with Crippen LogP contribution in [0.3, 0.4) is 0 Å². The lowest BCUT2D eigenvalue weighted by Crippen LogP contribution is -2.53. The van der Waals surface area contributed by atoms with Crippen LogP contribution in [0.5, 0.6) is 0 Å². The van der Waals surface area contributed by atoms with Crippen LogP contribution in [-0.4, -0.2) is 38.7 Å². The molecule has 158 valence electrons. The maximum Gasteiger partial charge on any atom is 0.216 e. The fourth-order valence-corrected chi connectivity index (χ4v) is 6.22. The third kappa shape index (κ3) is 2.89. The molecule has 2 aromatic carbocycles. The van der Waals surface area contributed by atoms with Crippen LogP contribution in [0.15, 0.2) is 71.1 Å². The van der Waals surface area contributed by atoms with Crippen LogP contribution in [-0.2, 0) is 10.5 Å². The molecule has 5 nitrogen and oxygen atoms in total. The van der Waals surface area contributed by atoms with Gasteiger partial charge in [0.1, 0.15) is 17.6 Å². The molecule has 2 N–H and O–H groups in total. The summed E-state index contributed by atoms with van der Waals surface area (Å²) in [7, 11) is 0. The van der Waals surface area contributed by atoms with E-state index in [1.807, 2.05) is 24.3 Å². The van der Waals surface area contributed by atoms with Gasteiger partial charge >= 0.3 is 0 Å². The fourth-order valence-electron chi connectivity index (χ4n) is 4.94. The third-order valence-electron chi connectivity index (χ3n) is 6.76. The number of nitrogens with zero attached hydrogens (tertiary/aromatic N) is 2. The molecule has 0 saturated heterocycles. The zero-order valence-corrected chi connectivity index (χ0v) is 18.2. The van der Waals surface area contributed by atoms with Crippen molar-refractivity contribution in [2.75, 3.05) is 6.54 Å². The van der Waals surface area contributed by atoms with E-state index in [4.69, 9.17) is 11.6 Å². The molecule has 0 radical (unpaired) electrons. The number of Topliss-reactive ketones (excluding diaryl/α,β-unsaturated/α-hetero) is 1. The van der Waals surface area contributed by atoms with Gasteiger partial charge in [0.05, 0.1) is 6.04 Å². The smallest absolute Gasteiger partial charge is 0.216 e. The summed E-state index contributed by atoms with van der Waals surface area (Å²) in [6.45, 7) is 0.599. The first kappa shape index (κ1) is 19.4. The number of benzene rings is 2. The molecule has 0 amide bonds. The van der Waals surface area contributed by atoms with Crippen molar-refractivity contribution in [1.82, 2.24) is 10.0 Å². The molecular weight excluding hydrogens is 432 g/mol. The second kappa shape index (κ2) is 6.87. The quantitative estimate of drug-likeness (QED) is 0.660. The number of hydrogen-bond donors (Lipinski definition) is 2. The zero-order chi connectivity index (χ0) is 21.3. The van der Waals surface area contributed by atoms with E-state index in [2.05, 4.69) is 23.2 Å². The Morgan fingerprint density at radius 3 is 2.74 bits per heavy atom. The second-order valence-corrected chi connectivity index (χ2v) is 10.1. The first-order valence-corrected chi connectivity index (χ1v) is 11.7. The first-order valence-electron chi connectivity index (χ1n) is 10.4. The molecule has 1 fully saturated rings. The highest BCUT2D eigenvalue weighted by Gasteiger charge is 2.57. The van der Waals surface area contributed by atoms with Crippen LogP contribution in [0.1, 0.15) is 35.6 Å². The molecule has 0 aromatic heterocycles. The van der Waals surface area contributed by atoms with E-state index in [1.54, 1.807) is 23.0 Å². The Hall–Kier alpha value is -2.25. The monoisotopic (exact) mass is 452 g/mol. The Balaban J connectivity index is 1.58. The minimum atomic E-state index is -1.23. The number of fused-ring (bicyclic) bond motifs is 3. The lowest BCUT2D eigenvalue weighted by molar-refractivity contribution is -0.129. The second-order valence-electron chi connectivity index (χ2n) is 8.64. The van der Waals surface area contributed by atoms with Crippen molar-refractivity contribution < 1.29 is 15.0 Å². The number of carbonyl (C=O) groups is 1. The van der Waals surface area contributed by atoms with Gasteiger partial charge in [0.2, 0.25) is 5.78 Å². The van der Waals surface area contributed by atoms with E-state index < -0.39 is 17.3 Å². The van der Waals surface area contributed by atoms with E-state index >= 15 is 0 Å². The van der Waals surface area contributed by atoms with Crippen LogP contribution in [0.25, 0.3) is 0 Å². The average Bonchev–Trinajstić information content (AvgIpc) is 3.56. The molecule has 3 aliphatic heterocycles. The minimum absolute atomic E-state index is 0.116. The van der Waals surface area contributed by atoms with E-state index in [9.17, 15) is 15.0 Å². The van der Waals surface area contributed by atoms with E-state index in [1.165, 1.54) is 11.0 Å². The summed E-state index contributed by atoms with van der Waals surface area (Å²) in [5.74, 6) is 0.470. The number of hydrazine groups is 1. The Kier molecular flexibility index (Phi) is 4.31. The SMILES string of the molecule is O=C1C2=C(O)C3(CC3)CN(C3c4ccc(Cl)cc4CSc4ccccc43)N2C=CC1O. The Labute approximate surface area is 189 Å². The molecule has 31 heavy (non-hydrogen) atoms. The molecule has 1 saturated carbocycles. The normalized spacial score (nSPS) is 26.4. The summed E-state index contributed by atoms with van der Waals surface area (Å²) >= 11 is 8.12. The van der Waals surface area contributed by atoms with Gasteiger partial charge in [-0.1, -0.05) is 35.9 Å².